The van der Waals surface area contributed by atoms with Gasteiger partial charge in [0.1, 0.15) is 5.82 Å². The number of hydrogen-bond acceptors (Lipinski definition) is 4. The fraction of sp³-hybridized carbons (Fsp3) is 0.310. The molecule has 0 radical (unpaired) electrons. The third-order valence-electron chi connectivity index (χ3n) is 7.87. The van der Waals surface area contributed by atoms with Crippen molar-refractivity contribution in [2.24, 2.45) is 0 Å². The van der Waals surface area contributed by atoms with Gasteiger partial charge in [0.05, 0.1) is 23.1 Å². The molecule has 2 saturated heterocycles. The molecule has 0 saturated carbocycles. The number of benzene rings is 3. The predicted molar refractivity (Wildman–Crippen MR) is 140 cm³/mol. The molecule has 7 rings (SSSR count). The smallest absolute Gasteiger partial charge is 0.299 e. The number of carbonyl (C=O) groups excluding carboxylic acids is 1. The first kappa shape index (κ1) is 22.6. The van der Waals surface area contributed by atoms with E-state index in [4.69, 9.17) is 4.98 Å². The van der Waals surface area contributed by atoms with E-state index in [0.29, 0.717) is 16.8 Å². The first-order valence-electron chi connectivity index (χ1n) is 12.9. The summed E-state index contributed by atoms with van der Waals surface area (Å²) in [5.74, 6) is -2.42. The minimum absolute atomic E-state index is 0.0125. The van der Waals surface area contributed by atoms with Crippen LogP contribution in [0, 0.1) is 0 Å². The molecule has 4 N–H and O–H groups in total. The average Bonchev–Trinajstić information content (AvgIpc) is 3.70. The Labute approximate surface area is 212 Å². The number of anilines is 1. The highest BCUT2D eigenvalue weighted by Gasteiger charge is 2.44. The summed E-state index contributed by atoms with van der Waals surface area (Å²) in [7, 11) is 0. The molecule has 0 spiro atoms. The largest absolute Gasteiger partial charge is 0.341 e. The second-order valence-electron chi connectivity index (χ2n) is 10.2. The molecule has 37 heavy (non-hydrogen) atoms. The zero-order valence-electron chi connectivity index (χ0n) is 20.2. The average molecular weight is 500 g/mol. The molecule has 1 amide bonds. The van der Waals surface area contributed by atoms with Crippen LogP contribution in [-0.4, -0.2) is 35.0 Å². The van der Waals surface area contributed by atoms with Crippen molar-refractivity contribution in [2.45, 2.75) is 43.7 Å². The summed E-state index contributed by atoms with van der Waals surface area (Å²) in [6, 6.07) is 15.9. The SMILES string of the molecule is O=C(Nc1ccc2c(c1)C(F)(F)c1cc(-c3ccc4nc([C@H]5CCCN5)[nH]c4c3)ccc1-2)[C@@H]1CCCN1. The Balaban J connectivity index is 1.20. The van der Waals surface area contributed by atoms with Crippen LogP contribution in [0.5, 0.6) is 0 Å². The third kappa shape index (κ3) is 3.74. The van der Waals surface area contributed by atoms with Crippen molar-refractivity contribution in [3.8, 4) is 22.3 Å². The number of H-pyrrole nitrogens is 1. The second-order valence-corrected chi connectivity index (χ2v) is 10.2. The first-order chi connectivity index (χ1) is 18.0. The molecule has 8 heteroatoms. The zero-order chi connectivity index (χ0) is 25.1. The summed E-state index contributed by atoms with van der Waals surface area (Å²) < 4.78 is 31.4. The molecule has 3 aromatic carbocycles. The van der Waals surface area contributed by atoms with E-state index in [0.717, 1.165) is 66.8 Å². The van der Waals surface area contributed by atoms with Crippen LogP contribution < -0.4 is 16.0 Å². The van der Waals surface area contributed by atoms with Gasteiger partial charge in [-0.1, -0.05) is 24.3 Å². The van der Waals surface area contributed by atoms with Crippen molar-refractivity contribution in [1.82, 2.24) is 20.6 Å². The van der Waals surface area contributed by atoms with Crippen molar-refractivity contribution in [3.05, 3.63) is 71.5 Å². The summed E-state index contributed by atoms with van der Waals surface area (Å²) in [5, 5.41) is 9.39. The number of aromatic nitrogens is 2. The molecule has 3 aliphatic rings. The number of fused-ring (bicyclic) bond motifs is 4. The highest BCUT2D eigenvalue weighted by Crippen LogP contribution is 2.52. The minimum Gasteiger partial charge on any atom is -0.341 e. The molecule has 2 atom stereocenters. The third-order valence-corrected chi connectivity index (χ3v) is 7.87. The lowest BCUT2D eigenvalue weighted by molar-refractivity contribution is -0.117. The van der Waals surface area contributed by atoms with Crippen LogP contribution in [0.1, 0.15) is 48.7 Å². The van der Waals surface area contributed by atoms with E-state index >= 15 is 8.78 Å². The summed E-state index contributed by atoms with van der Waals surface area (Å²) in [4.78, 5) is 20.6. The molecule has 6 nitrogen and oxygen atoms in total. The van der Waals surface area contributed by atoms with E-state index in [2.05, 4.69) is 20.9 Å². The number of amides is 1. The topological polar surface area (TPSA) is 81.8 Å². The predicted octanol–water partition coefficient (Wildman–Crippen LogP) is 5.47. The van der Waals surface area contributed by atoms with Crippen molar-refractivity contribution in [3.63, 3.8) is 0 Å². The highest BCUT2D eigenvalue weighted by atomic mass is 19.3. The van der Waals surface area contributed by atoms with Gasteiger partial charge in [-0.2, -0.15) is 8.78 Å². The Morgan fingerprint density at radius 3 is 2.41 bits per heavy atom. The van der Waals surface area contributed by atoms with Crippen LogP contribution in [0.15, 0.2) is 54.6 Å². The van der Waals surface area contributed by atoms with E-state index < -0.39 is 5.92 Å². The minimum atomic E-state index is -3.16. The van der Waals surface area contributed by atoms with Gasteiger partial charge in [-0.25, -0.2) is 4.98 Å². The Bertz CT molecular complexity index is 1530. The maximum atomic E-state index is 15.7. The Kier molecular flexibility index (Phi) is 5.16. The van der Waals surface area contributed by atoms with Crippen molar-refractivity contribution in [1.29, 1.82) is 0 Å². The van der Waals surface area contributed by atoms with Gasteiger partial charge in [0.25, 0.3) is 5.92 Å². The monoisotopic (exact) mass is 499 g/mol. The molecule has 0 bridgehead atoms. The van der Waals surface area contributed by atoms with Gasteiger partial charge in [0.15, 0.2) is 0 Å². The molecule has 2 fully saturated rings. The number of carbonyl (C=O) groups is 1. The Morgan fingerprint density at radius 2 is 1.62 bits per heavy atom. The molecule has 1 aliphatic carbocycles. The molecule has 188 valence electrons. The maximum Gasteiger partial charge on any atom is 0.299 e. The number of nitrogens with zero attached hydrogens (tertiary/aromatic N) is 1. The van der Waals surface area contributed by atoms with E-state index in [1.165, 1.54) is 6.07 Å². The van der Waals surface area contributed by atoms with Gasteiger partial charge in [0, 0.05) is 16.8 Å². The zero-order valence-corrected chi connectivity index (χ0v) is 20.2. The van der Waals surface area contributed by atoms with Gasteiger partial charge in [0.2, 0.25) is 5.91 Å². The van der Waals surface area contributed by atoms with Crippen LogP contribution in [-0.2, 0) is 10.7 Å². The molecule has 1 aromatic heterocycles. The second kappa shape index (κ2) is 8.46. The number of nitrogens with one attached hydrogen (secondary N) is 4. The first-order valence-corrected chi connectivity index (χ1v) is 12.9. The molecular weight excluding hydrogens is 472 g/mol. The lowest BCUT2D eigenvalue weighted by Crippen LogP contribution is -2.35. The summed E-state index contributed by atoms with van der Waals surface area (Å²) >= 11 is 0. The highest BCUT2D eigenvalue weighted by molar-refractivity contribution is 5.96. The van der Waals surface area contributed by atoms with E-state index in [1.807, 2.05) is 24.3 Å². The maximum absolute atomic E-state index is 15.7. The standard InChI is InChI=1S/C29H27F2N5O/c30-29(31)21-13-16(17-6-10-23-26(14-17)36-27(35-23)24-3-1-11-32-24)5-8-19(21)20-9-7-18(15-22(20)29)34-28(37)25-4-2-12-33-25/h5-10,13-15,24-25,32-33H,1-4,11-12H2,(H,34,37)(H,35,36)/t24-,25+/m1/s1. The van der Waals surface area contributed by atoms with Gasteiger partial charge in [-0.15, -0.1) is 0 Å². The van der Waals surface area contributed by atoms with Crippen LogP contribution >= 0.6 is 0 Å². The molecule has 4 aromatic rings. The van der Waals surface area contributed by atoms with Crippen molar-refractivity contribution < 1.29 is 13.6 Å². The van der Waals surface area contributed by atoms with Crippen LogP contribution in [0.3, 0.4) is 0 Å². The lowest BCUT2D eigenvalue weighted by atomic mass is 9.98. The van der Waals surface area contributed by atoms with Gasteiger partial charge < -0.3 is 20.9 Å². The summed E-state index contributed by atoms with van der Waals surface area (Å²) in [6.07, 6.45) is 3.87. The van der Waals surface area contributed by atoms with E-state index in [1.54, 1.807) is 24.3 Å². The Morgan fingerprint density at radius 1 is 0.892 bits per heavy atom. The van der Waals surface area contributed by atoms with Crippen LogP contribution in [0.4, 0.5) is 14.5 Å². The normalized spacial score (nSPS) is 21.8. The number of rotatable bonds is 4. The number of alkyl halides is 2. The van der Waals surface area contributed by atoms with E-state index in [-0.39, 0.29) is 29.1 Å². The number of imidazole rings is 1. The van der Waals surface area contributed by atoms with Crippen LogP contribution in [0.25, 0.3) is 33.3 Å². The lowest BCUT2D eigenvalue weighted by Gasteiger charge is -2.15. The number of hydrogen-bond donors (Lipinski definition) is 4. The molecule has 0 unspecified atom stereocenters. The van der Waals surface area contributed by atoms with Crippen molar-refractivity contribution >= 4 is 22.6 Å². The number of aromatic amines is 1. The Hall–Kier alpha value is -3.62. The summed E-state index contributed by atoms with van der Waals surface area (Å²) in [5.41, 5.74) is 4.68. The molecule has 2 aliphatic heterocycles. The van der Waals surface area contributed by atoms with E-state index in [9.17, 15) is 4.79 Å². The quantitative estimate of drug-likeness (QED) is 0.300. The van der Waals surface area contributed by atoms with Gasteiger partial charge in [-0.3, -0.25) is 4.79 Å². The van der Waals surface area contributed by atoms with Crippen molar-refractivity contribution in [2.75, 3.05) is 18.4 Å². The van der Waals surface area contributed by atoms with Gasteiger partial charge in [-0.05, 0) is 91.4 Å². The fourth-order valence-electron chi connectivity index (χ4n) is 5.91. The number of halogens is 2. The van der Waals surface area contributed by atoms with Crippen LogP contribution in [0.2, 0.25) is 0 Å². The van der Waals surface area contributed by atoms with Gasteiger partial charge >= 0.3 is 0 Å². The molecule has 3 heterocycles. The summed E-state index contributed by atoms with van der Waals surface area (Å²) in [6.45, 7) is 1.79. The molecular formula is C29H27F2N5O. The fourth-order valence-corrected chi connectivity index (χ4v) is 5.91.